The fraction of sp³-hybridized carbons (Fsp3) is 0.592. The van der Waals surface area contributed by atoms with Gasteiger partial charge in [-0.1, -0.05) is 33.3 Å². The van der Waals surface area contributed by atoms with Crippen molar-refractivity contribution in [3.8, 4) is 0 Å². The molecule has 0 aliphatic carbocycles. The molecule has 0 saturated carbocycles. The van der Waals surface area contributed by atoms with Gasteiger partial charge in [-0.05, 0) is 35.4 Å². The number of hydrogen-bond donors (Lipinski definition) is 10. The molecule has 1 aromatic carbocycles. The number of thioether (sulfide) groups is 1. The molecule has 4 aliphatic rings. The highest BCUT2D eigenvalue weighted by Crippen LogP contribution is 2.31. The van der Waals surface area contributed by atoms with Crippen LogP contribution in [-0.2, 0) is 81.2 Å². The van der Waals surface area contributed by atoms with Crippen molar-refractivity contribution in [3.05, 3.63) is 29.3 Å². The quantitative estimate of drug-likeness (QED) is 0.0915. The number of rotatable bonds is 12. The zero-order chi connectivity index (χ0) is 55.9. The lowest BCUT2D eigenvalue weighted by Crippen LogP contribution is -2.60. The van der Waals surface area contributed by atoms with E-state index in [-0.39, 0.29) is 34.3 Å². The number of aliphatic hydroxyl groups is 3. The van der Waals surface area contributed by atoms with E-state index in [0.717, 1.165) is 9.80 Å². The Balaban J connectivity index is 1.54. The van der Waals surface area contributed by atoms with E-state index in [1.165, 1.54) is 36.9 Å². The summed E-state index contributed by atoms with van der Waals surface area (Å²) in [5, 5.41) is 43.8. The van der Waals surface area contributed by atoms with Crippen LogP contribution in [-0.4, -0.2) is 191 Å². The van der Waals surface area contributed by atoms with Crippen molar-refractivity contribution in [2.45, 2.75) is 131 Å². The Morgan fingerprint density at radius 1 is 0.868 bits per heavy atom. The van der Waals surface area contributed by atoms with E-state index in [4.69, 9.17) is 5.73 Å². The number of ketones is 3. The summed E-state index contributed by atoms with van der Waals surface area (Å²) in [7, 11) is -2.42. The van der Waals surface area contributed by atoms with E-state index < -0.39 is 217 Å². The number of benzene rings is 1. The number of amides is 9. The Labute approximate surface area is 443 Å². The van der Waals surface area contributed by atoms with Crippen LogP contribution >= 0.6 is 11.8 Å². The van der Waals surface area contributed by atoms with E-state index >= 15 is 4.21 Å². The monoisotopic (exact) mass is 1100 g/mol. The fourth-order valence-electron chi connectivity index (χ4n) is 9.80. The maximum Gasteiger partial charge on any atom is 0.243 e. The minimum absolute atomic E-state index is 0.0313. The van der Waals surface area contributed by atoms with Crippen LogP contribution in [0.15, 0.2) is 23.2 Å². The minimum Gasteiger partial charge on any atom is -0.394 e. The molecule has 1 aromatic heterocycles. The molecule has 4 aliphatic heterocycles. The predicted molar refractivity (Wildman–Crippen MR) is 270 cm³/mol. The molecule has 414 valence electrons. The zero-order valence-corrected chi connectivity index (χ0v) is 44.1. The van der Waals surface area contributed by atoms with Crippen molar-refractivity contribution in [3.63, 3.8) is 0 Å². The molecule has 25 nitrogen and oxygen atoms in total. The van der Waals surface area contributed by atoms with Gasteiger partial charge in [-0.3, -0.25) is 66.6 Å². The van der Waals surface area contributed by atoms with E-state index in [1.54, 1.807) is 20.1 Å². The second kappa shape index (κ2) is 25.6. The van der Waals surface area contributed by atoms with Crippen molar-refractivity contribution >= 4 is 104 Å². The van der Waals surface area contributed by atoms with Crippen molar-refractivity contribution in [2.24, 2.45) is 23.5 Å². The van der Waals surface area contributed by atoms with Crippen LogP contribution in [0.5, 0.6) is 0 Å². The second-order valence-corrected chi connectivity index (χ2v) is 22.3. The number of nitrogens with one attached hydrogen (secondary N) is 6. The maximum absolute atomic E-state index is 15.0. The first-order chi connectivity index (χ1) is 35.9. The number of aliphatic hydroxyl groups excluding tert-OH is 3. The summed E-state index contributed by atoms with van der Waals surface area (Å²) < 4.78 is 15.0. The summed E-state index contributed by atoms with van der Waals surface area (Å²) in [6, 6.07) is -3.53. The molecular formula is C49H65N9O16S2. The number of fused-ring (bicyclic) bond motifs is 5. The molecular weight excluding hydrogens is 1030 g/mol. The summed E-state index contributed by atoms with van der Waals surface area (Å²) >= 11 is 1.18. The zero-order valence-electron chi connectivity index (χ0n) is 42.4. The number of carbonyl (C=O) groups is 12. The van der Waals surface area contributed by atoms with Gasteiger partial charge < -0.3 is 57.5 Å². The summed E-state index contributed by atoms with van der Waals surface area (Å²) in [6.07, 6.45) is -5.01. The van der Waals surface area contributed by atoms with Crippen LogP contribution in [0.4, 0.5) is 0 Å². The minimum atomic E-state index is -2.42. The van der Waals surface area contributed by atoms with Gasteiger partial charge in [-0.2, -0.15) is 11.8 Å². The highest BCUT2D eigenvalue weighted by Gasteiger charge is 2.45. The summed E-state index contributed by atoms with van der Waals surface area (Å²) in [4.78, 5) is 170. The number of Topliss-reactive ketones (excluding diaryl/α,β-unsaturated/α-hetero) is 3. The molecule has 6 rings (SSSR count). The lowest BCUT2D eigenvalue weighted by Gasteiger charge is -2.32. The Bertz CT molecular complexity index is 2700. The molecule has 11 N–H and O–H groups in total. The van der Waals surface area contributed by atoms with Gasteiger partial charge in [0.1, 0.15) is 23.2 Å². The molecule has 2 saturated heterocycles. The Kier molecular flexibility index (Phi) is 19.8. The van der Waals surface area contributed by atoms with Gasteiger partial charge in [0.2, 0.25) is 53.2 Å². The van der Waals surface area contributed by atoms with Crippen LogP contribution in [0.1, 0.15) is 76.8 Å². The summed E-state index contributed by atoms with van der Waals surface area (Å²) in [5.74, 6) is -14.3. The molecule has 4 unspecified atom stereocenters. The smallest absolute Gasteiger partial charge is 0.243 e. The summed E-state index contributed by atoms with van der Waals surface area (Å²) in [6.45, 7) is 2.01. The normalized spacial score (nSPS) is 28.2. The van der Waals surface area contributed by atoms with E-state index in [2.05, 4.69) is 31.6 Å². The van der Waals surface area contributed by atoms with E-state index in [1.807, 2.05) is 0 Å². The predicted octanol–water partition coefficient (Wildman–Crippen LogP) is -3.70. The Morgan fingerprint density at radius 3 is 2.25 bits per heavy atom. The molecule has 5 heterocycles. The van der Waals surface area contributed by atoms with Gasteiger partial charge in [0.15, 0.2) is 17.3 Å². The van der Waals surface area contributed by atoms with Gasteiger partial charge in [-0.15, -0.1) is 0 Å². The average molecular weight is 1100 g/mol. The third-order valence-corrected chi connectivity index (χ3v) is 16.7. The van der Waals surface area contributed by atoms with Crippen LogP contribution in [0.2, 0.25) is 0 Å². The number of imide groups is 1. The average Bonchev–Trinajstić information content (AvgIpc) is 4.04. The van der Waals surface area contributed by atoms with Crippen molar-refractivity contribution in [1.29, 1.82) is 0 Å². The molecule has 12 atom stereocenters. The number of primary amides is 1. The lowest BCUT2D eigenvalue weighted by molar-refractivity contribution is -0.145. The highest BCUT2D eigenvalue weighted by molar-refractivity contribution is 8.00. The van der Waals surface area contributed by atoms with Crippen molar-refractivity contribution in [1.82, 2.24) is 41.4 Å². The second-order valence-electron chi connectivity index (χ2n) is 19.8. The first-order valence-corrected chi connectivity index (χ1v) is 27.5. The number of hydrogen-bond acceptors (Lipinski definition) is 17. The number of likely N-dealkylation sites (tertiary alicyclic amines) is 1. The van der Waals surface area contributed by atoms with Gasteiger partial charge in [-0.25, -0.2) is 0 Å². The lowest BCUT2D eigenvalue weighted by atomic mass is 9.92. The Hall–Kier alpha value is -6.42. The standard InChI is InChI=1S/C49H65N9O16S2/c1-5-22(2)42-34(62)8-9-39(66)52-32-21-76(74)47-29(28-11-24(6-7-30(28)54-47)10-26(60)19-58-41(68)16-37(75-4)49(58)73)15-31(44(69)51-17-40(67)55-42)53-46(71)43(23(3)36(64)20-59)56-45(70)33-14-27(61)18-57(33)48(72)25(12-35(32)63)13-38(50)65/h6-7,11,22-23,25,27,31-33,36-37,42-43,54,59,61,64H,5,8-10,12-21H2,1-4H3,(H2,50,65)(H,51,69)(H,52,66)(H,53,71)(H,55,67)(H,56,70)/t22-,23?,25-,27+,31+,32-,33-,36?,37?,42-,43-,76?/m0/s1. The van der Waals surface area contributed by atoms with Crippen LogP contribution in [0.25, 0.3) is 10.9 Å². The number of nitrogens with two attached hydrogens (primary N) is 1. The third-order valence-electron chi connectivity index (χ3n) is 14.4. The van der Waals surface area contributed by atoms with Crippen LogP contribution < -0.4 is 32.3 Å². The Morgan fingerprint density at radius 2 is 1.59 bits per heavy atom. The molecule has 76 heavy (non-hydrogen) atoms. The number of carbonyl (C=O) groups excluding carboxylic acids is 12. The highest BCUT2D eigenvalue weighted by atomic mass is 32.2. The van der Waals surface area contributed by atoms with Gasteiger partial charge in [0.25, 0.3) is 0 Å². The van der Waals surface area contributed by atoms with E-state index in [9.17, 15) is 72.9 Å². The first kappa shape index (κ1) is 58.8. The third kappa shape index (κ3) is 13.9. The number of aromatic amines is 1. The largest absolute Gasteiger partial charge is 0.394 e. The van der Waals surface area contributed by atoms with Gasteiger partial charge in [0, 0.05) is 74.7 Å². The van der Waals surface area contributed by atoms with E-state index in [0.29, 0.717) is 12.0 Å². The van der Waals surface area contributed by atoms with Crippen LogP contribution in [0, 0.1) is 17.8 Å². The molecule has 0 spiro atoms. The molecule has 2 bridgehead atoms. The van der Waals surface area contributed by atoms with Crippen LogP contribution in [0.3, 0.4) is 0 Å². The van der Waals surface area contributed by atoms with Gasteiger partial charge in [0.05, 0.1) is 71.7 Å². The maximum atomic E-state index is 15.0. The summed E-state index contributed by atoms with van der Waals surface area (Å²) in [5.41, 5.74) is 6.17. The topological polar surface area (TPSA) is 391 Å². The first-order valence-electron chi connectivity index (χ1n) is 24.9. The molecule has 2 fully saturated rings. The van der Waals surface area contributed by atoms with Gasteiger partial charge >= 0.3 is 0 Å². The number of aromatic nitrogens is 1. The number of H-pyrrole nitrogens is 1. The molecule has 2 aromatic rings. The molecule has 0 radical (unpaired) electrons. The SMILES string of the molecule is CC[C@H](C)[C@@H]1NC(=O)CNC(=O)[C@H]2Cc3c([nH]c4ccc(CC(=O)CN5C(=O)CC(SC)C5=O)cc34)S(=O)C[C@H](NC(=O)CCC1=O)C(=O)C[C@@H](CC(N)=O)C(=O)N1C[C@H](O)C[C@H]1C(=O)N[C@@H](C(C)C(O)CO)C(=O)N2. The molecule has 27 heteroatoms. The molecule has 9 amide bonds. The van der Waals surface area contributed by atoms with Crippen molar-refractivity contribution < 1.29 is 77.1 Å². The fourth-order valence-corrected chi connectivity index (χ4v) is 11.9. The number of nitrogens with zero attached hydrogens (tertiary/aromatic N) is 2. The van der Waals surface area contributed by atoms with Crippen molar-refractivity contribution in [2.75, 3.05) is 38.2 Å².